The summed E-state index contributed by atoms with van der Waals surface area (Å²) >= 11 is 0. The van der Waals surface area contributed by atoms with Gasteiger partial charge in [-0.2, -0.15) is 0 Å². The molecule has 0 spiro atoms. The van der Waals surface area contributed by atoms with Crippen LogP contribution in [0, 0.1) is 5.92 Å². The molecule has 1 amide bonds. The summed E-state index contributed by atoms with van der Waals surface area (Å²) in [5.41, 5.74) is 4.80. The van der Waals surface area contributed by atoms with E-state index in [1.807, 2.05) is 0 Å². The monoisotopic (exact) mass is 145 g/mol. The lowest BCUT2D eigenvalue weighted by Gasteiger charge is -1.90. The molecular weight excluding hydrogens is 126 g/mol. The van der Waals surface area contributed by atoms with Crippen molar-refractivity contribution in [1.82, 2.24) is 0 Å². The fourth-order valence-corrected chi connectivity index (χ4v) is 0. The Balaban J connectivity index is 0. The van der Waals surface area contributed by atoms with Gasteiger partial charge in [0, 0.05) is 5.92 Å². The van der Waals surface area contributed by atoms with Crippen molar-refractivity contribution >= 4 is 5.91 Å². The van der Waals surface area contributed by atoms with Crippen molar-refractivity contribution in [2.75, 3.05) is 0 Å². The van der Waals surface area contributed by atoms with Crippen LogP contribution in [0.2, 0.25) is 0 Å². The van der Waals surface area contributed by atoms with Crippen molar-refractivity contribution in [1.29, 1.82) is 0 Å². The minimum absolute atomic E-state index is 0.00926. The molecule has 0 aliphatic rings. The molecular formula is C8H19NO. The number of primary amides is 1. The third kappa shape index (κ3) is 15.6. The van der Waals surface area contributed by atoms with Gasteiger partial charge < -0.3 is 5.73 Å². The molecule has 0 aromatic carbocycles. The van der Waals surface area contributed by atoms with Crippen LogP contribution in [0.3, 0.4) is 0 Å². The van der Waals surface area contributed by atoms with Crippen molar-refractivity contribution in [3.8, 4) is 0 Å². The summed E-state index contributed by atoms with van der Waals surface area (Å²) in [5, 5.41) is 0. The van der Waals surface area contributed by atoms with Crippen molar-refractivity contribution in [2.24, 2.45) is 11.7 Å². The summed E-state index contributed by atoms with van der Waals surface area (Å²) < 4.78 is 0. The van der Waals surface area contributed by atoms with E-state index < -0.39 is 0 Å². The second-order valence-corrected chi connectivity index (χ2v) is 2.56. The van der Waals surface area contributed by atoms with Gasteiger partial charge in [0.2, 0.25) is 5.91 Å². The molecule has 2 nitrogen and oxygen atoms in total. The van der Waals surface area contributed by atoms with Crippen molar-refractivity contribution in [3.05, 3.63) is 0 Å². The first kappa shape index (κ1) is 12.2. The normalized spacial score (nSPS) is 8.50. The number of carbonyl (C=O) groups is 1. The largest absolute Gasteiger partial charge is 0.369 e. The summed E-state index contributed by atoms with van der Waals surface area (Å²) in [4.78, 5) is 9.92. The smallest absolute Gasteiger partial charge is 0.219 e. The van der Waals surface area contributed by atoms with E-state index in [1.165, 1.54) is 12.8 Å². The molecule has 2 N–H and O–H groups in total. The van der Waals surface area contributed by atoms with Gasteiger partial charge in [0.05, 0.1) is 0 Å². The van der Waals surface area contributed by atoms with Gasteiger partial charge in [0.1, 0.15) is 0 Å². The highest BCUT2D eigenvalue weighted by atomic mass is 16.1. The topological polar surface area (TPSA) is 43.1 Å². The number of rotatable bonds is 2. The van der Waals surface area contributed by atoms with Crippen LogP contribution in [-0.4, -0.2) is 5.91 Å². The predicted octanol–water partition coefficient (Wildman–Crippen LogP) is 1.93. The van der Waals surface area contributed by atoms with Gasteiger partial charge >= 0.3 is 0 Å². The standard InChI is InChI=1S/C4H9NO.C4H10/c1-3(2)4(5)6;1-3-4-2/h3H,1-2H3,(H2,5,6);3-4H2,1-2H3. The predicted molar refractivity (Wildman–Crippen MR) is 44.6 cm³/mol. The first-order valence-electron chi connectivity index (χ1n) is 3.85. The molecule has 0 aromatic heterocycles. The average molecular weight is 145 g/mol. The first-order chi connectivity index (χ1) is 4.56. The van der Waals surface area contributed by atoms with Gasteiger partial charge in [0.25, 0.3) is 0 Å². The number of nitrogens with two attached hydrogens (primary N) is 1. The van der Waals surface area contributed by atoms with E-state index in [-0.39, 0.29) is 11.8 Å². The van der Waals surface area contributed by atoms with Gasteiger partial charge in [-0.1, -0.05) is 40.5 Å². The van der Waals surface area contributed by atoms with E-state index in [1.54, 1.807) is 13.8 Å². The van der Waals surface area contributed by atoms with E-state index in [4.69, 9.17) is 5.73 Å². The number of hydrogen-bond acceptors (Lipinski definition) is 1. The van der Waals surface area contributed by atoms with Crippen LogP contribution in [0.5, 0.6) is 0 Å². The molecule has 0 radical (unpaired) electrons. The maximum Gasteiger partial charge on any atom is 0.219 e. The third-order valence-electron chi connectivity index (χ3n) is 1.07. The molecule has 62 valence electrons. The highest BCUT2D eigenvalue weighted by molar-refractivity contribution is 5.75. The molecule has 0 atom stereocenters. The summed E-state index contributed by atoms with van der Waals surface area (Å²) in [6, 6.07) is 0. The Hall–Kier alpha value is -0.530. The van der Waals surface area contributed by atoms with Crippen molar-refractivity contribution in [2.45, 2.75) is 40.5 Å². The van der Waals surface area contributed by atoms with Gasteiger partial charge in [-0.05, 0) is 0 Å². The molecule has 0 rings (SSSR count). The number of unbranched alkanes of at least 4 members (excludes halogenated alkanes) is 1. The number of hydrogen-bond donors (Lipinski definition) is 1. The maximum absolute atomic E-state index is 9.92. The summed E-state index contributed by atoms with van der Waals surface area (Å²) in [7, 11) is 0. The molecule has 0 bridgehead atoms. The van der Waals surface area contributed by atoms with Gasteiger partial charge in [-0.25, -0.2) is 0 Å². The summed E-state index contributed by atoms with van der Waals surface area (Å²) in [6.45, 7) is 7.89. The Morgan fingerprint density at radius 1 is 1.30 bits per heavy atom. The van der Waals surface area contributed by atoms with E-state index in [2.05, 4.69) is 13.8 Å². The summed E-state index contributed by atoms with van der Waals surface area (Å²) in [5.74, 6) is -0.250. The van der Waals surface area contributed by atoms with Gasteiger partial charge in [-0.15, -0.1) is 0 Å². The Labute approximate surface area is 63.8 Å². The second kappa shape index (κ2) is 8.47. The van der Waals surface area contributed by atoms with E-state index >= 15 is 0 Å². The fourth-order valence-electron chi connectivity index (χ4n) is 0. The van der Waals surface area contributed by atoms with Crippen molar-refractivity contribution < 1.29 is 4.79 Å². The molecule has 2 heteroatoms. The molecule has 0 aliphatic heterocycles. The van der Waals surface area contributed by atoms with Crippen molar-refractivity contribution in [3.63, 3.8) is 0 Å². The molecule has 0 unspecified atom stereocenters. The lowest BCUT2D eigenvalue weighted by Crippen LogP contribution is -2.17. The minimum Gasteiger partial charge on any atom is -0.369 e. The molecule has 0 aromatic rings. The molecule has 10 heavy (non-hydrogen) atoms. The number of carbonyl (C=O) groups excluding carboxylic acids is 1. The lowest BCUT2D eigenvalue weighted by atomic mass is 10.2. The molecule has 0 fully saturated rings. The Kier molecular flexibility index (Phi) is 10.3. The Morgan fingerprint density at radius 3 is 1.50 bits per heavy atom. The third-order valence-corrected chi connectivity index (χ3v) is 1.07. The molecule has 0 aliphatic carbocycles. The first-order valence-corrected chi connectivity index (χ1v) is 3.85. The van der Waals surface area contributed by atoms with Crippen LogP contribution in [0.25, 0.3) is 0 Å². The van der Waals surface area contributed by atoms with Crippen LogP contribution in [-0.2, 0) is 4.79 Å². The number of amides is 1. The fraction of sp³-hybridized carbons (Fsp3) is 0.875. The summed E-state index contributed by atoms with van der Waals surface area (Å²) in [6.07, 6.45) is 2.64. The van der Waals surface area contributed by atoms with Crippen LogP contribution in [0.4, 0.5) is 0 Å². The Bertz CT molecular complexity index is 77.3. The Morgan fingerprint density at radius 2 is 1.50 bits per heavy atom. The van der Waals surface area contributed by atoms with E-state index in [9.17, 15) is 4.79 Å². The second-order valence-electron chi connectivity index (χ2n) is 2.56. The average Bonchev–Trinajstić information content (AvgIpc) is 1.89. The molecule has 0 heterocycles. The van der Waals surface area contributed by atoms with E-state index in [0.29, 0.717) is 0 Å². The van der Waals surface area contributed by atoms with Crippen LogP contribution in [0.1, 0.15) is 40.5 Å². The lowest BCUT2D eigenvalue weighted by molar-refractivity contribution is -0.120. The van der Waals surface area contributed by atoms with Crippen LogP contribution < -0.4 is 5.73 Å². The quantitative estimate of drug-likeness (QED) is 0.634. The highest BCUT2D eigenvalue weighted by Crippen LogP contribution is 1.84. The zero-order valence-electron chi connectivity index (χ0n) is 7.48. The molecule has 0 saturated heterocycles. The van der Waals surface area contributed by atoms with E-state index in [0.717, 1.165) is 0 Å². The minimum atomic E-state index is -0.241. The van der Waals surface area contributed by atoms with Gasteiger partial charge in [-0.3, -0.25) is 4.79 Å². The zero-order valence-corrected chi connectivity index (χ0v) is 7.48. The maximum atomic E-state index is 9.92. The van der Waals surface area contributed by atoms with Crippen LogP contribution in [0.15, 0.2) is 0 Å². The van der Waals surface area contributed by atoms with Gasteiger partial charge in [0.15, 0.2) is 0 Å². The highest BCUT2D eigenvalue weighted by Gasteiger charge is 1.96. The molecule has 0 saturated carbocycles. The SMILES string of the molecule is CC(C)C(N)=O.CCCC. The zero-order chi connectivity index (χ0) is 8.57. The van der Waals surface area contributed by atoms with Crippen LogP contribution >= 0.6 is 0 Å².